The molecule has 3 aromatic rings. The fourth-order valence-electron chi connectivity index (χ4n) is 4.02. The van der Waals surface area contributed by atoms with Gasteiger partial charge in [0.1, 0.15) is 0 Å². The molecule has 0 radical (unpaired) electrons. The molecule has 0 atom stereocenters. The molecular formula is C23H29N4O2S+. The van der Waals surface area contributed by atoms with Gasteiger partial charge in [-0.25, -0.2) is 0 Å². The van der Waals surface area contributed by atoms with Crippen LogP contribution in [0.25, 0.3) is 17.1 Å². The van der Waals surface area contributed by atoms with Crippen molar-refractivity contribution >= 4 is 12.2 Å². The molecule has 1 fully saturated rings. The third-order valence-electron chi connectivity index (χ3n) is 5.85. The van der Waals surface area contributed by atoms with E-state index in [-0.39, 0.29) is 0 Å². The van der Waals surface area contributed by atoms with E-state index < -0.39 is 0 Å². The van der Waals surface area contributed by atoms with Crippen molar-refractivity contribution in [1.82, 2.24) is 14.3 Å². The molecule has 1 saturated heterocycles. The maximum absolute atomic E-state index is 5.91. The van der Waals surface area contributed by atoms with Gasteiger partial charge in [0.15, 0.2) is 24.0 Å². The van der Waals surface area contributed by atoms with Gasteiger partial charge < -0.3 is 14.4 Å². The summed E-state index contributed by atoms with van der Waals surface area (Å²) < 4.78 is 15.6. The van der Waals surface area contributed by atoms with Crippen LogP contribution in [-0.4, -0.2) is 41.7 Å². The van der Waals surface area contributed by atoms with Crippen molar-refractivity contribution in [3.05, 3.63) is 53.3 Å². The summed E-state index contributed by atoms with van der Waals surface area (Å²) >= 11 is 5.91. The zero-order valence-electron chi connectivity index (χ0n) is 17.8. The standard InChI is InChI=1S/C23H28N4O2S/c1-17-11-13-25(14-12-17)16-26-23(30)27(22(24-26)18-7-5-4-6-8-18)19-9-10-20(28-2)21(15-19)29-3/h4-10,15,17H,11-14,16H2,1-3H3/p+1. The van der Waals surface area contributed by atoms with Crippen molar-refractivity contribution < 1.29 is 14.4 Å². The Morgan fingerprint density at radius 3 is 2.40 bits per heavy atom. The largest absolute Gasteiger partial charge is 0.493 e. The average molecular weight is 426 g/mol. The molecule has 30 heavy (non-hydrogen) atoms. The Hall–Kier alpha value is -2.64. The van der Waals surface area contributed by atoms with E-state index in [1.165, 1.54) is 17.7 Å². The summed E-state index contributed by atoms with van der Waals surface area (Å²) in [6.45, 7) is 5.44. The van der Waals surface area contributed by atoms with E-state index in [0.29, 0.717) is 16.3 Å². The minimum absolute atomic E-state index is 0.666. The fraction of sp³-hybridized carbons (Fsp3) is 0.391. The SMILES string of the molecule is COc1ccc(-n2c(-c3ccccc3)nn(C[NH+]3CCC(C)CC3)c2=S)cc1OC. The van der Waals surface area contributed by atoms with Crippen molar-refractivity contribution in [3.8, 4) is 28.6 Å². The number of likely N-dealkylation sites (tertiary alicyclic amines) is 1. The number of aromatic nitrogens is 3. The normalized spacial score (nSPS) is 18.9. The molecule has 4 rings (SSSR count). The van der Waals surface area contributed by atoms with Crippen LogP contribution in [0.4, 0.5) is 0 Å². The number of quaternary nitrogens is 1. The summed E-state index contributed by atoms with van der Waals surface area (Å²) in [5, 5.41) is 4.95. The molecule has 158 valence electrons. The van der Waals surface area contributed by atoms with Crippen molar-refractivity contribution in [1.29, 1.82) is 0 Å². The van der Waals surface area contributed by atoms with Crippen LogP contribution in [0.2, 0.25) is 0 Å². The highest BCUT2D eigenvalue weighted by atomic mass is 32.1. The average Bonchev–Trinajstić information content (AvgIpc) is 3.11. The molecule has 0 bridgehead atoms. The second-order valence-corrected chi connectivity index (χ2v) is 8.30. The topological polar surface area (TPSA) is 45.7 Å². The summed E-state index contributed by atoms with van der Waals surface area (Å²) in [5.74, 6) is 3.00. The van der Waals surface area contributed by atoms with E-state index in [2.05, 4.69) is 19.1 Å². The molecule has 0 amide bonds. The summed E-state index contributed by atoms with van der Waals surface area (Å²) in [7, 11) is 3.28. The van der Waals surface area contributed by atoms with Gasteiger partial charge in [-0.2, -0.15) is 4.68 Å². The number of methoxy groups -OCH3 is 2. The molecule has 0 aliphatic carbocycles. The lowest BCUT2D eigenvalue weighted by atomic mass is 10.00. The highest BCUT2D eigenvalue weighted by molar-refractivity contribution is 7.71. The monoisotopic (exact) mass is 425 g/mol. The highest BCUT2D eigenvalue weighted by Gasteiger charge is 2.22. The molecule has 0 unspecified atom stereocenters. The van der Waals surface area contributed by atoms with Gasteiger partial charge in [0.25, 0.3) is 0 Å². The van der Waals surface area contributed by atoms with E-state index in [1.54, 1.807) is 14.2 Å². The quantitative estimate of drug-likeness (QED) is 0.615. The number of ether oxygens (including phenoxy) is 2. The Balaban J connectivity index is 1.78. The van der Waals surface area contributed by atoms with Gasteiger partial charge in [-0.3, -0.25) is 4.57 Å². The van der Waals surface area contributed by atoms with E-state index >= 15 is 0 Å². The molecule has 1 aliphatic heterocycles. The number of benzene rings is 2. The van der Waals surface area contributed by atoms with Crippen molar-refractivity contribution in [2.24, 2.45) is 5.92 Å². The molecule has 0 saturated carbocycles. The maximum atomic E-state index is 5.91. The molecule has 1 aliphatic rings. The first-order valence-electron chi connectivity index (χ1n) is 10.4. The highest BCUT2D eigenvalue weighted by Crippen LogP contribution is 2.31. The lowest BCUT2D eigenvalue weighted by Crippen LogP contribution is -3.12. The predicted octanol–water partition coefficient (Wildman–Crippen LogP) is 3.36. The van der Waals surface area contributed by atoms with Gasteiger partial charge in [-0.15, -0.1) is 5.10 Å². The molecule has 7 heteroatoms. The first kappa shape index (κ1) is 20.6. The summed E-state index contributed by atoms with van der Waals surface area (Å²) in [4.78, 5) is 1.53. The Bertz CT molecular complexity index is 1050. The molecular weight excluding hydrogens is 396 g/mol. The first-order chi connectivity index (χ1) is 14.6. The Morgan fingerprint density at radius 2 is 1.73 bits per heavy atom. The summed E-state index contributed by atoms with van der Waals surface area (Å²) in [6, 6.07) is 16.0. The molecule has 1 aromatic heterocycles. The molecule has 2 heterocycles. The van der Waals surface area contributed by atoms with Gasteiger partial charge in [0.2, 0.25) is 4.77 Å². The van der Waals surface area contributed by atoms with Gasteiger partial charge in [-0.05, 0) is 43.1 Å². The van der Waals surface area contributed by atoms with E-state index in [1.807, 2.05) is 45.6 Å². The van der Waals surface area contributed by atoms with Crippen LogP contribution in [0, 0.1) is 10.7 Å². The van der Waals surface area contributed by atoms with Crippen LogP contribution >= 0.6 is 12.2 Å². The smallest absolute Gasteiger partial charge is 0.207 e. The number of rotatable bonds is 6. The van der Waals surface area contributed by atoms with Crippen LogP contribution in [-0.2, 0) is 6.67 Å². The molecule has 0 spiro atoms. The molecule has 6 nitrogen and oxygen atoms in total. The maximum Gasteiger partial charge on any atom is 0.207 e. The fourth-order valence-corrected chi connectivity index (χ4v) is 4.32. The third kappa shape index (κ3) is 4.13. The van der Waals surface area contributed by atoms with Crippen LogP contribution in [0.1, 0.15) is 19.8 Å². The minimum atomic E-state index is 0.666. The predicted molar refractivity (Wildman–Crippen MR) is 120 cm³/mol. The lowest BCUT2D eigenvalue weighted by Gasteiger charge is -2.26. The Labute approximate surface area is 182 Å². The first-order valence-corrected chi connectivity index (χ1v) is 10.8. The zero-order valence-corrected chi connectivity index (χ0v) is 18.6. The zero-order chi connectivity index (χ0) is 21.1. The summed E-state index contributed by atoms with van der Waals surface area (Å²) in [6.07, 6.45) is 2.51. The van der Waals surface area contributed by atoms with Crippen molar-refractivity contribution in [3.63, 3.8) is 0 Å². The van der Waals surface area contributed by atoms with Gasteiger partial charge >= 0.3 is 0 Å². The third-order valence-corrected chi connectivity index (χ3v) is 6.24. The van der Waals surface area contributed by atoms with Gasteiger partial charge in [0.05, 0.1) is 33.0 Å². The van der Waals surface area contributed by atoms with Crippen LogP contribution in [0.5, 0.6) is 11.5 Å². The van der Waals surface area contributed by atoms with Crippen molar-refractivity contribution in [2.75, 3.05) is 27.3 Å². The Morgan fingerprint density at radius 1 is 1.03 bits per heavy atom. The Kier molecular flexibility index (Phi) is 6.20. The second kappa shape index (κ2) is 9.02. The van der Waals surface area contributed by atoms with E-state index in [9.17, 15) is 0 Å². The number of piperidine rings is 1. The van der Waals surface area contributed by atoms with Crippen LogP contribution < -0.4 is 14.4 Å². The minimum Gasteiger partial charge on any atom is -0.493 e. The summed E-state index contributed by atoms with van der Waals surface area (Å²) in [5.41, 5.74) is 1.93. The van der Waals surface area contributed by atoms with E-state index in [0.717, 1.165) is 42.8 Å². The van der Waals surface area contributed by atoms with Gasteiger partial charge in [0, 0.05) is 11.6 Å². The number of nitrogens with zero attached hydrogens (tertiary/aromatic N) is 3. The molecule has 2 aromatic carbocycles. The second-order valence-electron chi connectivity index (χ2n) is 7.94. The van der Waals surface area contributed by atoms with Crippen molar-refractivity contribution in [2.45, 2.75) is 26.4 Å². The van der Waals surface area contributed by atoms with E-state index in [4.69, 9.17) is 26.8 Å². The lowest BCUT2D eigenvalue weighted by molar-refractivity contribution is -0.929. The molecule has 1 N–H and O–H groups in total. The van der Waals surface area contributed by atoms with Gasteiger partial charge in [-0.1, -0.05) is 37.3 Å². The number of hydrogen-bond acceptors (Lipinski definition) is 4. The number of nitrogens with one attached hydrogen (secondary N) is 1. The number of hydrogen-bond donors (Lipinski definition) is 1. The van der Waals surface area contributed by atoms with Crippen LogP contribution in [0.3, 0.4) is 0 Å². The van der Waals surface area contributed by atoms with Crippen LogP contribution in [0.15, 0.2) is 48.5 Å².